The van der Waals surface area contributed by atoms with Crippen molar-refractivity contribution in [2.45, 2.75) is 5.38 Å². The number of hydrogen-bond donors (Lipinski definition) is 0. The van der Waals surface area contributed by atoms with Crippen LogP contribution < -0.4 is 0 Å². The number of halogens is 2. The number of fused-ring (bicyclic) bond motifs is 1. The van der Waals surface area contributed by atoms with Gasteiger partial charge in [0, 0.05) is 5.39 Å². The lowest BCUT2D eigenvalue weighted by molar-refractivity contribution is 0.557. The molecule has 1 aromatic heterocycles. The molecule has 1 nitrogen and oxygen atoms in total. The van der Waals surface area contributed by atoms with Gasteiger partial charge in [-0.2, -0.15) is 0 Å². The Bertz CT molecular complexity index is 639. The molecule has 0 N–H and O–H groups in total. The summed E-state index contributed by atoms with van der Waals surface area (Å²) < 4.78 is 18.5. The lowest BCUT2D eigenvalue weighted by Gasteiger charge is -2.06. The lowest BCUT2D eigenvalue weighted by Crippen LogP contribution is -1.90. The van der Waals surface area contributed by atoms with Crippen molar-refractivity contribution < 1.29 is 8.81 Å². The Hall–Kier alpha value is -1.80. The average molecular weight is 261 g/mol. The van der Waals surface area contributed by atoms with Crippen LogP contribution in [0.25, 0.3) is 11.0 Å². The first-order chi connectivity index (χ1) is 8.74. The zero-order valence-corrected chi connectivity index (χ0v) is 10.2. The van der Waals surface area contributed by atoms with E-state index < -0.39 is 5.38 Å². The van der Waals surface area contributed by atoms with Gasteiger partial charge in [-0.05, 0) is 29.8 Å². The van der Waals surface area contributed by atoms with Crippen LogP contribution in [0.2, 0.25) is 0 Å². The van der Waals surface area contributed by atoms with Crippen molar-refractivity contribution in [3.63, 3.8) is 0 Å². The molecule has 0 saturated heterocycles. The molecule has 1 atom stereocenters. The van der Waals surface area contributed by atoms with Crippen molar-refractivity contribution >= 4 is 22.6 Å². The Morgan fingerprint density at radius 1 is 1.00 bits per heavy atom. The molecule has 0 aliphatic carbocycles. The molecule has 0 saturated carbocycles. The molecule has 3 aromatic rings. The molecule has 18 heavy (non-hydrogen) atoms. The van der Waals surface area contributed by atoms with Crippen LogP contribution in [-0.4, -0.2) is 0 Å². The Balaban J connectivity index is 2.00. The third kappa shape index (κ3) is 2.00. The van der Waals surface area contributed by atoms with Gasteiger partial charge >= 0.3 is 0 Å². The molecular formula is C15H10ClFO. The van der Waals surface area contributed by atoms with E-state index in [-0.39, 0.29) is 5.82 Å². The fourth-order valence-corrected chi connectivity index (χ4v) is 2.18. The van der Waals surface area contributed by atoms with Crippen molar-refractivity contribution in [2.24, 2.45) is 0 Å². The first-order valence-electron chi connectivity index (χ1n) is 5.62. The number of furan rings is 1. The predicted molar refractivity (Wildman–Crippen MR) is 70.3 cm³/mol. The molecule has 0 aliphatic rings. The summed E-state index contributed by atoms with van der Waals surface area (Å²) in [5.41, 5.74) is 1.62. The minimum absolute atomic E-state index is 0.271. The number of benzene rings is 2. The zero-order valence-electron chi connectivity index (χ0n) is 9.44. The quantitative estimate of drug-likeness (QED) is 0.597. The normalized spacial score (nSPS) is 12.8. The molecule has 0 spiro atoms. The second-order valence-electron chi connectivity index (χ2n) is 4.10. The zero-order chi connectivity index (χ0) is 12.5. The number of para-hydroxylation sites is 1. The van der Waals surface area contributed by atoms with Crippen LogP contribution in [0.3, 0.4) is 0 Å². The van der Waals surface area contributed by atoms with Gasteiger partial charge in [-0.15, -0.1) is 11.6 Å². The van der Waals surface area contributed by atoms with Crippen LogP contribution in [0.4, 0.5) is 4.39 Å². The molecule has 2 aromatic carbocycles. The standard InChI is InChI=1S/C15H10ClFO/c16-15(10-5-7-12(17)8-6-10)14-9-11-3-1-2-4-13(11)18-14/h1-9,15H. The summed E-state index contributed by atoms with van der Waals surface area (Å²) in [6, 6.07) is 15.8. The van der Waals surface area contributed by atoms with Crippen molar-refractivity contribution in [1.82, 2.24) is 0 Å². The van der Waals surface area contributed by atoms with Gasteiger partial charge in [-0.25, -0.2) is 4.39 Å². The Morgan fingerprint density at radius 3 is 2.44 bits per heavy atom. The van der Waals surface area contributed by atoms with E-state index in [0.29, 0.717) is 5.76 Å². The second-order valence-corrected chi connectivity index (χ2v) is 4.54. The van der Waals surface area contributed by atoms with E-state index >= 15 is 0 Å². The largest absolute Gasteiger partial charge is 0.459 e. The molecule has 1 heterocycles. The summed E-state index contributed by atoms with van der Waals surface area (Å²) in [4.78, 5) is 0. The maximum atomic E-state index is 12.9. The van der Waals surface area contributed by atoms with E-state index in [1.165, 1.54) is 12.1 Å². The Labute approximate surface area is 109 Å². The van der Waals surface area contributed by atoms with Crippen LogP contribution in [0.5, 0.6) is 0 Å². The van der Waals surface area contributed by atoms with Gasteiger partial charge in [-0.3, -0.25) is 0 Å². The molecular weight excluding hydrogens is 251 g/mol. The van der Waals surface area contributed by atoms with E-state index in [2.05, 4.69) is 0 Å². The second kappa shape index (κ2) is 4.46. The van der Waals surface area contributed by atoms with Crippen LogP contribution in [0, 0.1) is 5.82 Å². The van der Waals surface area contributed by atoms with Gasteiger partial charge in [0.25, 0.3) is 0 Å². The fraction of sp³-hybridized carbons (Fsp3) is 0.0667. The number of hydrogen-bond acceptors (Lipinski definition) is 1. The summed E-state index contributed by atoms with van der Waals surface area (Å²) in [5, 5.41) is 0.610. The highest BCUT2D eigenvalue weighted by molar-refractivity contribution is 6.22. The molecule has 0 aliphatic heterocycles. The molecule has 0 bridgehead atoms. The minimum Gasteiger partial charge on any atom is -0.459 e. The highest BCUT2D eigenvalue weighted by atomic mass is 35.5. The smallest absolute Gasteiger partial charge is 0.134 e. The summed E-state index contributed by atoms with van der Waals surface area (Å²) >= 11 is 6.34. The third-order valence-corrected chi connectivity index (χ3v) is 3.32. The number of alkyl halides is 1. The van der Waals surface area contributed by atoms with Crippen LogP contribution >= 0.6 is 11.6 Å². The molecule has 3 heteroatoms. The predicted octanol–water partition coefficient (Wildman–Crippen LogP) is 4.90. The summed E-state index contributed by atoms with van der Waals surface area (Å²) in [5.74, 6) is 0.400. The minimum atomic E-state index is -0.405. The molecule has 0 radical (unpaired) electrons. The fourth-order valence-electron chi connectivity index (χ4n) is 1.92. The maximum absolute atomic E-state index is 12.9. The first kappa shape index (κ1) is 11.3. The van der Waals surface area contributed by atoms with E-state index in [0.717, 1.165) is 16.5 Å². The summed E-state index contributed by atoms with van der Waals surface area (Å²) in [6.45, 7) is 0. The maximum Gasteiger partial charge on any atom is 0.134 e. The lowest BCUT2D eigenvalue weighted by atomic mass is 10.1. The summed E-state index contributed by atoms with van der Waals surface area (Å²) in [7, 11) is 0. The highest BCUT2D eigenvalue weighted by Gasteiger charge is 2.15. The van der Waals surface area contributed by atoms with Gasteiger partial charge in [0.15, 0.2) is 0 Å². The van der Waals surface area contributed by atoms with Crippen molar-refractivity contribution in [1.29, 1.82) is 0 Å². The molecule has 90 valence electrons. The topological polar surface area (TPSA) is 13.1 Å². The molecule has 0 fully saturated rings. The molecule has 3 rings (SSSR count). The van der Waals surface area contributed by atoms with Gasteiger partial charge in [0.05, 0.1) is 0 Å². The summed E-state index contributed by atoms with van der Waals surface area (Å²) in [6.07, 6.45) is 0. The van der Waals surface area contributed by atoms with Gasteiger partial charge in [-0.1, -0.05) is 30.3 Å². The average Bonchev–Trinajstić information content (AvgIpc) is 2.82. The Kier molecular flexibility index (Phi) is 2.80. The van der Waals surface area contributed by atoms with Gasteiger partial charge < -0.3 is 4.42 Å². The van der Waals surface area contributed by atoms with E-state index in [1.54, 1.807) is 12.1 Å². The molecule has 1 unspecified atom stereocenters. The van der Waals surface area contributed by atoms with Crippen molar-refractivity contribution in [2.75, 3.05) is 0 Å². The first-order valence-corrected chi connectivity index (χ1v) is 6.06. The van der Waals surface area contributed by atoms with Crippen molar-refractivity contribution in [3.8, 4) is 0 Å². The molecule has 0 amide bonds. The van der Waals surface area contributed by atoms with E-state index in [9.17, 15) is 4.39 Å². The SMILES string of the molecule is Fc1ccc(C(Cl)c2cc3ccccc3o2)cc1. The van der Waals surface area contributed by atoms with Crippen LogP contribution in [-0.2, 0) is 0 Å². The Morgan fingerprint density at radius 2 is 1.72 bits per heavy atom. The van der Waals surface area contributed by atoms with Gasteiger partial charge in [0.1, 0.15) is 22.5 Å². The highest BCUT2D eigenvalue weighted by Crippen LogP contribution is 2.32. The van der Waals surface area contributed by atoms with Crippen LogP contribution in [0.15, 0.2) is 59.0 Å². The van der Waals surface area contributed by atoms with Crippen molar-refractivity contribution in [3.05, 3.63) is 71.7 Å². The monoisotopic (exact) mass is 260 g/mol. The van der Waals surface area contributed by atoms with E-state index in [4.69, 9.17) is 16.0 Å². The van der Waals surface area contributed by atoms with Gasteiger partial charge in [0.2, 0.25) is 0 Å². The third-order valence-electron chi connectivity index (χ3n) is 2.86. The number of rotatable bonds is 2. The van der Waals surface area contributed by atoms with E-state index in [1.807, 2.05) is 30.3 Å². The van der Waals surface area contributed by atoms with Crippen LogP contribution in [0.1, 0.15) is 16.7 Å².